The molecule has 1 aromatic heterocycles. The molecule has 4 aliphatic rings. The van der Waals surface area contributed by atoms with Crippen LogP contribution in [0.5, 0.6) is 0 Å². The van der Waals surface area contributed by atoms with Gasteiger partial charge in [0.15, 0.2) is 5.69 Å². The predicted molar refractivity (Wildman–Crippen MR) is 122 cm³/mol. The van der Waals surface area contributed by atoms with E-state index in [1.165, 1.54) is 44.9 Å². The maximum absolute atomic E-state index is 10.9. The van der Waals surface area contributed by atoms with Gasteiger partial charge in [-0.15, -0.1) is 0 Å². The Morgan fingerprint density at radius 3 is 2.71 bits per heavy atom. The molecule has 5 rings (SSSR count). The van der Waals surface area contributed by atoms with E-state index >= 15 is 0 Å². The molecule has 0 spiro atoms. The van der Waals surface area contributed by atoms with Crippen LogP contribution in [0.3, 0.4) is 0 Å². The summed E-state index contributed by atoms with van der Waals surface area (Å²) < 4.78 is 1.99. The Balaban J connectivity index is 1.29. The lowest BCUT2D eigenvalue weighted by Gasteiger charge is -2.57. The zero-order chi connectivity index (χ0) is 21.8. The first-order valence-corrected chi connectivity index (χ1v) is 13.0. The molecule has 4 aliphatic carbocycles. The Morgan fingerprint density at radius 1 is 1.16 bits per heavy atom. The van der Waals surface area contributed by atoms with Crippen LogP contribution in [0, 0.1) is 58.2 Å². The first-order valence-electron chi connectivity index (χ1n) is 13.0. The third-order valence-corrected chi connectivity index (χ3v) is 10.8. The number of hydrogen-bond acceptors (Lipinski definition) is 3. The molecule has 4 saturated carbocycles. The van der Waals surface area contributed by atoms with Crippen LogP contribution < -0.4 is 0 Å². The second kappa shape index (κ2) is 7.91. The molecule has 31 heavy (non-hydrogen) atoms. The topological polar surface area (TPSA) is 61.8 Å². The molecule has 0 bridgehead atoms. The van der Waals surface area contributed by atoms with Gasteiger partial charge in [0.25, 0.3) is 0 Å². The minimum atomic E-state index is -0.372. The third kappa shape index (κ3) is 3.56. The number of hydrogen-bond donors (Lipinski definition) is 1. The van der Waals surface area contributed by atoms with Crippen LogP contribution in [0.25, 0.3) is 0 Å². The van der Waals surface area contributed by atoms with Gasteiger partial charge in [-0.25, -0.2) is 0 Å². The number of aliphatic hydroxyl groups is 1. The van der Waals surface area contributed by atoms with Gasteiger partial charge in [0, 0.05) is 12.7 Å². The summed E-state index contributed by atoms with van der Waals surface area (Å²) in [6.45, 7) is 8.14. The van der Waals surface area contributed by atoms with Gasteiger partial charge < -0.3 is 5.11 Å². The quantitative estimate of drug-likeness (QED) is 0.665. The molecule has 3 unspecified atom stereocenters. The predicted octanol–water partition coefficient (Wildman–Crippen LogP) is 5.80. The van der Waals surface area contributed by atoms with Crippen LogP contribution in [0.4, 0.5) is 0 Å². The Morgan fingerprint density at radius 2 is 1.97 bits per heavy atom. The fourth-order valence-corrected chi connectivity index (χ4v) is 9.20. The van der Waals surface area contributed by atoms with Gasteiger partial charge in [-0.3, -0.25) is 4.68 Å². The zero-order valence-electron chi connectivity index (χ0n) is 19.8. The van der Waals surface area contributed by atoms with E-state index in [9.17, 15) is 5.11 Å². The van der Waals surface area contributed by atoms with Gasteiger partial charge in [0.1, 0.15) is 6.07 Å². The number of rotatable bonds is 4. The molecule has 0 aromatic carbocycles. The van der Waals surface area contributed by atoms with Crippen LogP contribution in [-0.4, -0.2) is 20.5 Å². The van der Waals surface area contributed by atoms with Crippen molar-refractivity contribution in [3.05, 3.63) is 18.0 Å². The van der Waals surface area contributed by atoms with Gasteiger partial charge in [-0.1, -0.05) is 20.8 Å². The van der Waals surface area contributed by atoms with E-state index in [-0.39, 0.29) is 5.60 Å². The Hall–Kier alpha value is -1.34. The lowest BCUT2D eigenvalue weighted by molar-refractivity contribution is -0.109. The van der Waals surface area contributed by atoms with E-state index in [0.717, 1.165) is 61.3 Å². The summed E-state index contributed by atoms with van der Waals surface area (Å²) in [5.41, 5.74) is 0.628. The zero-order valence-corrected chi connectivity index (χ0v) is 19.8. The fraction of sp³-hybridized carbons (Fsp3) is 0.852. The number of nitriles is 1. The van der Waals surface area contributed by atoms with Crippen molar-refractivity contribution < 1.29 is 5.11 Å². The molecule has 170 valence electrons. The van der Waals surface area contributed by atoms with E-state index in [1.54, 1.807) is 0 Å². The van der Waals surface area contributed by atoms with Crippen LogP contribution in [0.1, 0.15) is 90.7 Å². The van der Waals surface area contributed by atoms with Crippen molar-refractivity contribution in [2.24, 2.45) is 46.8 Å². The highest BCUT2D eigenvalue weighted by atomic mass is 16.3. The largest absolute Gasteiger partial charge is 0.390 e. The second-order valence-electron chi connectivity index (χ2n) is 12.0. The molecular formula is C27H41N3O. The highest BCUT2D eigenvalue weighted by molar-refractivity contribution is 5.16. The molecule has 4 nitrogen and oxygen atoms in total. The van der Waals surface area contributed by atoms with Gasteiger partial charge in [-0.05, 0) is 117 Å². The summed E-state index contributed by atoms with van der Waals surface area (Å²) in [4.78, 5) is 0. The van der Waals surface area contributed by atoms with Gasteiger partial charge >= 0.3 is 0 Å². The third-order valence-electron chi connectivity index (χ3n) is 10.8. The monoisotopic (exact) mass is 423 g/mol. The smallest absolute Gasteiger partial charge is 0.162 e. The van der Waals surface area contributed by atoms with Crippen LogP contribution in [-0.2, 0) is 6.54 Å². The Labute approximate surface area is 188 Å². The van der Waals surface area contributed by atoms with Gasteiger partial charge in [0.05, 0.1) is 5.60 Å². The van der Waals surface area contributed by atoms with E-state index in [1.807, 2.05) is 16.9 Å². The molecular weight excluding hydrogens is 382 g/mol. The lowest BCUT2D eigenvalue weighted by Crippen LogP contribution is -2.51. The Bertz CT molecular complexity index is 842. The van der Waals surface area contributed by atoms with Crippen molar-refractivity contribution in [3.63, 3.8) is 0 Å². The van der Waals surface area contributed by atoms with E-state index < -0.39 is 0 Å². The van der Waals surface area contributed by atoms with Crippen molar-refractivity contribution in [1.29, 1.82) is 5.26 Å². The Kier molecular flexibility index (Phi) is 5.48. The van der Waals surface area contributed by atoms with E-state index in [4.69, 9.17) is 5.26 Å². The molecule has 4 fully saturated rings. The van der Waals surface area contributed by atoms with Crippen LogP contribution in [0.2, 0.25) is 0 Å². The van der Waals surface area contributed by atoms with Crippen molar-refractivity contribution in [2.75, 3.05) is 0 Å². The average molecular weight is 424 g/mol. The minimum absolute atomic E-state index is 0.372. The first-order chi connectivity index (χ1) is 14.9. The summed E-state index contributed by atoms with van der Waals surface area (Å²) in [6, 6.07) is 3.99. The van der Waals surface area contributed by atoms with Crippen molar-refractivity contribution in [2.45, 2.75) is 97.1 Å². The van der Waals surface area contributed by atoms with E-state index in [2.05, 4.69) is 31.9 Å². The van der Waals surface area contributed by atoms with Crippen LogP contribution >= 0.6 is 0 Å². The molecule has 0 saturated heterocycles. The SMILES string of the molecule is CC[C@@]1(O)CC[C@@H]2C3CC[C@@]4(C)C(CCC4[C@H](C)Cn4ccc(C#N)n4)[C@@H]3CC[C@@H]2C1. The average Bonchev–Trinajstić information content (AvgIpc) is 3.36. The lowest BCUT2D eigenvalue weighted by atomic mass is 9.48. The summed E-state index contributed by atoms with van der Waals surface area (Å²) in [5, 5.41) is 24.4. The first kappa shape index (κ1) is 21.5. The van der Waals surface area contributed by atoms with Crippen LogP contribution in [0.15, 0.2) is 12.3 Å². The number of aromatic nitrogens is 2. The summed E-state index contributed by atoms with van der Waals surface area (Å²) >= 11 is 0. The molecule has 9 atom stereocenters. The molecule has 0 aliphatic heterocycles. The molecule has 0 amide bonds. The normalized spacial score (nSPS) is 45.3. The van der Waals surface area contributed by atoms with Crippen molar-refractivity contribution >= 4 is 0 Å². The summed E-state index contributed by atoms with van der Waals surface area (Å²) in [7, 11) is 0. The second-order valence-corrected chi connectivity index (χ2v) is 12.0. The standard InChI is InChI=1S/C27H41N3O/c1-4-27(31)13-10-21-19(15-27)5-6-23-22(21)9-12-26(3)24(7-8-25(23)26)18(2)17-30-14-11-20(16-28)29-30/h11,14,18-19,21-25,31H,4-10,12-13,15,17H2,1-3H3/t18-,19-,21+,22?,23-,24?,25?,26-,27-/m1/s1. The van der Waals surface area contributed by atoms with E-state index in [0.29, 0.717) is 17.0 Å². The van der Waals surface area contributed by atoms with Crippen molar-refractivity contribution in [1.82, 2.24) is 9.78 Å². The molecule has 0 radical (unpaired) electrons. The van der Waals surface area contributed by atoms with Gasteiger partial charge in [-0.2, -0.15) is 10.4 Å². The maximum atomic E-state index is 10.9. The highest BCUT2D eigenvalue weighted by Gasteiger charge is 2.58. The summed E-state index contributed by atoms with van der Waals surface area (Å²) in [6.07, 6.45) is 14.6. The molecule has 1 N–H and O–H groups in total. The van der Waals surface area contributed by atoms with Gasteiger partial charge in [0.2, 0.25) is 0 Å². The fourth-order valence-electron chi connectivity index (χ4n) is 9.20. The molecule has 4 heteroatoms. The molecule has 1 aromatic rings. The maximum Gasteiger partial charge on any atom is 0.162 e. The van der Waals surface area contributed by atoms with Crippen molar-refractivity contribution in [3.8, 4) is 6.07 Å². The highest BCUT2D eigenvalue weighted by Crippen LogP contribution is 2.65. The number of fused-ring (bicyclic) bond motifs is 5. The summed E-state index contributed by atoms with van der Waals surface area (Å²) in [5.74, 6) is 5.73. The number of nitrogens with zero attached hydrogens (tertiary/aromatic N) is 3. The minimum Gasteiger partial charge on any atom is -0.390 e. The molecule has 1 heterocycles.